The van der Waals surface area contributed by atoms with E-state index < -0.39 is 0 Å². The normalized spacial score (nSPS) is 21.5. The second-order valence-corrected chi connectivity index (χ2v) is 6.21. The largest absolute Gasteiger partial charge is 0.371 e. The highest BCUT2D eigenvalue weighted by atomic mass is 35.5. The van der Waals surface area contributed by atoms with Gasteiger partial charge in [-0.1, -0.05) is 31.5 Å². The van der Waals surface area contributed by atoms with E-state index in [1.54, 1.807) is 0 Å². The summed E-state index contributed by atoms with van der Waals surface area (Å²) in [4.78, 5) is 2.48. The average Bonchev–Trinajstić information content (AvgIpc) is 2.40. The molecule has 1 aliphatic heterocycles. The smallest absolute Gasteiger partial charge is 0.0459 e. The predicted molar refractivity (Wildman–Crippen MR) is 84.0 cm³/mol. The molecule has 2 N–H and O–H groups in total. The first-order valence-corrected chi connectivity index (χ1v) is 7.77. The van der Waals surface area contributed by atoms with Crippen LogP contribution in [0.2, 0.25) is 5.02 Å². The summed E-state index contributed by atoms with van der Waals surface area (Å²) >= 11 is 6.40. The molecule has 1 heterocycles. The Morgan fingerprint density at radius 2 is 2.26 bits per heavy atom. The Labute approximate surface area is 121 Å². The van der Waals surface area contributed by atoms with Gasteiger partial charge in [0.05, 0.1) is 0 Å². The van der Waals surface area contributed by atoms with Crippen molar-refractivity contribution in [1.82, 2.24) is 0 Å². The van der Waals surface area contributed by atoms with Gasteiger partial charge in [-0.3, -0.25) is 0 Å². The van der Waals surface area contributed by atoms with Crippen LogP contribution in [-0.4, -0.2) is 19.1 Å². The zero-order valence-corrected chi connectivity index (χ0v) is 12.8. The number of hydrogen-bond acceptors (Lipinski definition) is 2. The van der Waals surface area contributed by atoms with Crippen LogP contribution in [0, 0.1) is 5.92 Å². The first-order valence-electron chi connectivity index (χ1n) is 7.39. The van der Waals surface area contributed by atoms with Crippen molar-refractivity contribution in [2.45, 2.75) is 45.6 Å². The fraction of sp³-hybridized carbons (Fsp3) is 0.625. The van der Waals surface area contributed by atoms with Gasteiger partial charge in [-0.15, -0.1) is 0 Å². The molecule has 0 bridgehead atoms. The third-order valence-electron chi connectivity index (χ3n) is 4.08. The molecule has 1 aromatic rings. The number of halogens is 1. The molecular weight excluding hydrogens is 256 g/mol. The number of nitrogens with two attached hydrogens (primary N) is 1. The average molecular weight is 281 g/mol. The molecule has 0 radical (unpaired) electrons. The van der Waals surface area contributed by atoms with Gasteiger partial charge in [-0.05, 0) is 49.3 Å². The lowest BCUT2D eigenvalue weighted by Crippen LogP contribution is -2.35. The van der Waals surface area contributed by atoms with Gasteiger partial charge >= 0.3 is 0 Å². The summed E-state index contributed by atoms with van der Waals surface area (Å²) in [5.41, 5.74) is 8.65. The lowest BCUT2D eigenvalue weighted by atomic mass is 9.97. The van der Waals surface area contributed by atoms with Crippen LogP contribution < -0.4 is 10.6 Å². The summed E-state index contributed by atoms with van der Waals surface area (Å²) in [6.45, 7) is 6.73. The second-order valence-electron chi connectivity index (χ2n) is 5.80. The van der Waals surface area contributed by atoms with Crippen LogP contribution in [0.15, 0.2) is 18.2 Å². The minimum atomic E-state index is 0.195. The molecule has 0 aromatic heterocycles. The standard InChI is InChI=1S/C16H25ClN2/c1-3-13(18)10-14-15(17)7-4-8-16(14)19-9-5-6-12(2)11-19/h4,7-8,12-13H,3,5-6,9-11,18H2,1-2H3. The van der Waals surface area contributed by atoms with Crippen LogP contribution in [-0.2, 0) is 6.42 Å². The zero-order valence-electron chi connectivity index (χ0n) is 12.0. The van der Waals surface area contributed by atoms with Gasteiger partial charge in [-0.25, -0.2) is 0 Å². The quantitative estimate of drug-likeness (QED) is 0.907. The summed E-state index contributed by atoms with van der Waals surface area (Å²) in [6, 6.07) is 6.43. The molecule has 106 valence electrons. The molecule has 0 spiro atoms. The minimum Gasteiger partial charge on any atom is -0.371 e. The highest BCUT2D eigenvalue weighted by Gasteiger charge is 2.20. The van der Waals surface area contributed by atoms with Crippen molar-refractivity contribution in [3.8, 4) is 0 Å². The monoisotopic (exact) mass is 280 g/mol. The van der Waals surface area contributed by atoms with Gasteiger partial charge in [0.15, 0.2) is 0 Å². The van der Waals surface area contributed by atoms with E-state index in [-0.39, 0.29) is 6.04 Å². The van der Waals surface area contributed by atoms with Gasteiger partial charge in [0.25, 0.3) is 0 Å². The Bertz CT molecular complexity index is 419. The van der Waals surface area contributed by atoms with E-state index in [0.717, 1.165) is 36.9 Å². The molecule has 0 amide bonds. The maximum atomic E-state index is 6.40. The van der Waals surface area contributed by atoms with Crippen LogP contribution in [0.1, 0.15) is 38.7 Å². The number of anilines is 1. The van der Waals surface area contributed by atoms with E-state index in [0.29, 0.717) is 0 Å². The molecule has 1 saturated heterocycles. The summed E-state index contributed by atoms with van der Waals surface area (Å²) in [7, 11) is 0. The van der Waals surface area contributed by atoms with E-state index in [1.807, 2.05) is 6.07 Å². The zero-order chi connectivity index (χ0) is 13.8. The molecule has 2 unspecified atom stereocenters. The van der Waals surface area contributed by atoms with Crippen LogP contribution in [0.25, 0.3) is 0 Å². The van der Waals surface area contributed by atoms with Crippen LogP contribution in [0.5, 0.6) is 0 Å². The third kappa shape index (κ3) is 3.64. The summed E-state index contributed by atoms with van der Waals surface area (Å²) in [5, 5.41) is 0.861. The SMILES string of the molecule is CCC(N)Cc1c(Cl)cccc1N1CCCC(C)C1. The van der Waals surface area contributed by atoms with E-state index in [1.165, 1.54) is 24.1 Å². The highest BCUT2D eigenvalue weighted by Crippen LogP contribution is 2.31. The van der Waals surface area contributed by atoms with Crippen molar-refractivity contribution in [2.24, 2.45) is 11.7 Å². The lowest BCUT2D eigenvalue weighted by Gasteiger charge is -2.34. The number of piperidine rings is 1. The van der Waals surface area contributed by atoms with Crippen molar-refractivity contribution in [2.75, 3.05) is 18.0 Å². The number of hydrogen-bond donors (Lipinski definition) is 1. The highest BCUT2D eigenvalue weighted by molar-refractivity contribution is 6.31. The summed E-state index contributed by atoms with van der Waals surface area (Å²) in [5.74, 6) is 0.764. The van der Waals surface area contributed by atoms with Gasteiger partial charge in [-0.2, -0.15) is 0 Å². The van der Waals surface area contributed by atoms with Crippen molar-refractivity contribution >= 4 is 17.3 Å². The van der Waals surface area contributed by atoms with E-state index in [9.17, 15) is 0 Å². The first kappa shape index (κ1) is 14.7. The Morgan fingerprint density at radius 3 is 2.95 bits per heavy atom. The molecule has 19 heavy (non-hydrogen) atoms. The minimum absolute atomic E-state index is 0.195. The molecule has 1 aromatic carbocycles. The van der Waals surface area contributed by atoms with Crippen LogP contribution in [0.3, 0.4) is 0 Å². The van der Waals surface area contributed by atoms with Crippen LogP contribution in [0.4, 0.5) is 5.69 Å². The van der Waals surface area contributed by atoms with Crippen molar-refractivity contribution in [3.63, 3.8) is 0 Å². The molecular formula is C16H25ClN2. The fourth-order valence-corrected chi connectivity index (χ4v) is 3.11. The van der Waals surface area contributed by atoms with Crippen molar-refractivity contribution < 1.29 is 0 Å². The van der Waals surface area contributed by atoms with Crippen molar-refractivity contribution in [1.29, 1.82) is 0 Å². The van der Waals surface area contributed by atoms with E-state index >= 15 is 0 Å². The first-order chi connectivity index (χ1) is 9.11. The molecule has 0 aliphatic carbocycles. The molecule has 1 fully saturated rings. The third-order valence-corrected chi connectivity index (χ3v) is 4.44. The molecule has 2 nitrogen and oxygen atoms in total. The second kappa shape index (κ2) is 6.62. The molecule has 3 heteroatoms. The molecule has 1 aliphatic rings. The van der Waals surface area contributed by atoms with Crippen LogP contribution >= 0.6 is 11.6 Å². The van der Waals surface area contributed by atoms with Crippen molar-refractivity contribution in [3.05, 3.63) is 28.8 Å². The predicted octanol–water partition coefficient (Wildman–Crippen LogP) is 3.86. The maximum Gasteiger partial charge on any atom is 0.0459 e. The Hall–Kier alpha value is -0.730. The number of rotatable bonds is 4. The molecule has 2 rings (SSSR count). The van der Waals surface area contributed by atoms with Gasteiger partial charge in [0.2, 0.25) is 0 Å². The maximum absolute atomic E-state index is 6.40. The fourth-order valence-electron chi connectivity index (χ4n) is 2.86. The van der Waals surface area contributed by atoms with Gasteiger partial charge in [0.1, 0.15) is 0 Å². The van der Waals surface area contributed by atoms with E-state index in [2.05, 4.69) is 30.9 Å². The number of benzene rings is 1. The molecule has 2 atom stereocenters. The topological polar surface area (TPSA) is 29.3 Å². The summed E-state index contributed by atoms with van der Waals surface area (Å²) in [6.07, 6.45) is 4.46. The van der Waals surface area contributed by atoms with Gasteiger partial charge in [0, 0.05) is 29.8 Å². The lowest BCUT2D eigenvalue weighted by molar-refractivity contribution is 0.446. The molecule has 0 saturated carbocycles. The Balaban J connectivity index is 2.25. The Kier molecular flexibility index (Phi) is 5.12. The summed E-state index contributed by atoms with van der Waals surface area (Å²) < 4.78 is 0. The number of nitrogens with zero attached hydrogens (tertiary/aromatic N) is 1. The van der Waals surface area contributed by atoms with Gasteiger partial charge < -0.3 is 10.6 Å². The Morgan fingerprint density at radius 1 is 1.47 bits per heavy atom. The van der Waals surface area contributed by atoms with E-state index in [4.69, 9.17) is 17.3 Å².